The van der Waals surface area contributed by atoms with Crippen molar-refractivity contribution in [1.82, 2.24) is 14.7 Å². The van der Waals surface area contributed by atoms with Gasteiger partial charge in [0, 0.05) is 39.4 Å². The topological polar surface area (TPSA) is 72.5 Å². The number of carbonyl (C=O) groups is 1. The number of aromatic nitrogens is 2. The fraction of sp³-hybridized carbons (Fsp3) is 0.500. The Kier molecular flexibility index (Phi) is 4.78. The minimum Gasteiger partial charge on any atom is -0.462 e. The Morgan fingerprint density at radius 3 is 3.04 bits per heavy atom. The molecular formula is C16H22N4O3. The highest BCUT2D eigenvalue weighted by atomic mass is 16.5. The van der Waals surface area contributed by atoms with Crippen LogP contribution in [-0.2, 0) is 22.7 Å². The summed E-state index contributed by atoms with van der Waals surface area (Å²) in [6, 6.07) is 6.11. The van der Waals surface area contributed by atoms with E-state index in [1.165, 1.54) is 6.92 Å². The van der Waals surface area contributed by atoms with Gasteiger partial charge in [0.05, 0.1) is 12.6 Å². The van der Waals surface area contributed by atoms with Crippen LogP contribution in [0.15, 0.2) is 28.8 Å². The van der Waals surface area contributed by atoms with E-state index >= 15 is 0 Å². The normalized spacial score (nSPS) is 18.4. The van der Waals surface area contributed by atoms with Crippen molar-refractivity contribution in [2.75, 3.05) is 25.5 Å². The van der Waals surface area contributed by atoms with Gasteiger partial charge in [-0.1, -0.05) is 0 Å². The van der Waals surface area contributed by atoms with E-state index in [9.17, 15) is 4.79 Å². The molecule has 2 aromatic rings. The summed E-state index contributed by atoms with van der Waals surface area (Å²) in [6.45, 7) is 4.70. The third kappa shape index (κ3) is 4.00. The number of hydrogen-bond donors (Lipinski definition) is 1. The molecule has 1 aliphatic heterocycles. The van der Waals surface area contributed by atoms with E-state index in [0.29, 0.717) is 18.5 Å². The average Bonchev–Trinajstić information content (AvgIpc) is 3.20. The van der Waals surface area contributed by atoms with Crippen molar-refractivity contribution in [2.45, 2.75) is 32.5 Å². The Balaban J connectivity index is 1.55. The molecule has 0 spiro atoms. The molecule has 1 atom stereocenters. The second-order valence-electron chi connectivity index (χ2n) is 5.84. The van der Waals surface area contributed by atoms with Crippen LogP contribution >= 0.6 is 0 Å². The molecule has 3 rings (SSSR count). The van der Waals surface area contributed by atoms with E-state index in [0.717, 1.165) is 37.6 Å². The third-order valence-electron chi connectivity index (χ3n) is 3.92. The molecule has 124 valence electrons. The molecule has 1 aliphatic rings. The number of rotatable bonds is 6. The lowest BCUT2D eigenvalue weighted by Crippen LogP contribution is -2.21. The van der Waals surface area contributed by atoms with Crippen LogP contribution in [0.3, 0.4) is 0 Å². The fourth-order valence-electron chi connectivity index (χ4n) is 2.91. The van der Waals surface area contributed by atoms with Gasteiger partial charge in [-0.05, 0) is 18.6 Å². The summed E-state index contributed by atoms with van der Waals surface area (Å²) in [5.74, 6) is 2.31. The molecule has 23 heavy (non-hydrogen) atoms. The quantitative estimate of drug-likeness (QED) is 0.882. The first-order valence-electron chi connectivity index (χ1n) is 7.75. The number of likely N-dealkylation sites (tertiary alicyclic amines) is 1. The molecule has 0 radical (unpaired) electrons. The van der Waals surface area contributed by atoms with Crippen LogP contribution in [0.25, 0.3) is 0 Å². The maximum absolute atomic E-state index is 11.1. The Morgan fingerprint density at radius 1 is 1.43 bits per heavy atom. The fourth-order valence-corrected chi connectivity index (χ4v) is 2.91. The lowest BCUT2D eigenvalue weighted by Gasteiger charge is -2.14. The summed E-state index contributed by atoms with van der Waals surface area (Å²) in [7, 11) is 1.66. The highest BCUT2D eigenvalue weighted by Gasteiger charge is 2.25. The second kappa shape index (κ2) is 6.97. The minimum atomic E-state index is -0.104. The Labute approximate surface area is 135 Å². The molecule has 7 nitrogen and oxygen atoms in total. The first-order chi connectivity index (χ1) is 11.1. The minimum absolute atomic E-state index is 0.104. The summed E-state index contributed by atoms with van der Waals surface area (Å²) in [6.07, 6.45) is 2.95. The molecule has 0 unspecified atom stereocenters. The van der Waals surface area contributed by atoms with Gasteiger partial charge >= 0.3 is 0 Å². The Morgan fingerprint density at radius 2 is 2.26 bits per heavy atom. The number of nitrogens with one attached hydrogen (secondary N) is 1. The molecule has 2 aromatic heterocycles. The smallest absolute Gasteiger partial charge is 0.222 e. The van der Waals surface area contributed by atoms with E-state index in [1.54, 1.807) is 7.11 Å². The zero-order chi connectivity index (χ0) is 16.2. The maximum Gasteiger partial charge on any atom is 0.222 e. The van der Waals surface area contributed by atoms with Crippen LogP contribution in [0.4, 0.5) is 5.82 Å². The van der Waals surface area contributed by atoms with Gasteiger partial charge in [-0.15, -0.1) is 0 Å². The van der Waals surface area contributed by atoms with E-state index in [-0.39, 0.29) is 5.91 Å². The first-order valence-corrected chi connectivity index (χ1v) is 7.75. The number of carbonyl (C=O) groups excluding carboxylic acids is 1. The van der Waals surface area contributed by atoms with Crippen molar-refractivity contribution >= 4 is 11.7 Å². The van der Waals surface area contributed by atoms with Gasteiger partial charge in [0.15, 0.2) is 5.82 Å². The zero-order valence-corrected chi connectivity index (χ0v) is 13.5. The van der Waals surface area contributed by atoms with E-state index in [1.807, 2.05) is 29.1 Å². The van der Waals surface area contributed by atoms with Crippen molar-refractivity contribution in [3.8, 4) is 0 Å². The van der Waals surface area contributed by atoms with Gasteiger partial charge in [-0.25, -0.2) is 0 Å². The number of methoxy groups -OCH3 is 1. The van der Waals surface area contributed by atoms with Crippen LogP contribution in [0.1, 0.15) is 30.9 Å². The summed E-state index contributed by atoms with van der Waals surface area (Å²) in [5.41, 5.74) is 0. The van der Waals surface area contributed by atoms with Crippen molar-refractivity contribution in [1.29, 1.82) is 0 Å². The summed E-state index contributed by atoms with van der Waals surface area (Å²) in [5, 5.41) is 7.12. The van der Waals surface area contributed by atoms with E-state index in [4.69, 9.17) is 9.15 Å². The summed E-state index contributed by atoms with van der Waals surface area (Å²) in [4.78, 5) is 13.4. The molecule has 3 heterocycles. The third-order valence-corrected chi connectivity index (χ3v) is 3.92. The number of furan rings is 1. The molecule has 0 bridgehead atoms. The van der Waals surface area contributed by atoms with Crippen molar-refractivity contribution in [3.63, 3.8) is 0 Å². The van der Waals surface area contributed by atoms with Gasteiger partial charge in [0.2, 0.25) is 5.91 Å². The SMILES string of the molecule is COCc1ccc(CN2CC[C@@H](n3ccc(NC(C)=O)n3)C2)o1. The van der Waals surface area contributed by atoms with Gasteiger partial charge in [-0.3, -0.25) is 14.4 Å². The monoisotopic (exact) mass is 318 g/mol. The lowest BCUT2D eigenvalue weighted by molar-refractivity contribution is -0.114. The van der Waals surface area contributed by atoms with Crippen LogP contribution in [0.2, 0.25) is 0 Å². The standard InChI is InChI=1S/C16H22N4O3/c1-12(21)17-16-6-8-20(18-16)13-5-7-19(9-13)10-14-3-4-15(23-14)11-22-2/h3-4,6,8,13H,5,7,9-11H2,1-2H3,(H,17,18,21)/t13-/m1/s1. The molecule has 1 N–H and O–H groups in total. The number of hydrogen-bond acceptors (Lipinski definition) is 5. The molecule has 0 aliphatic carbocycles. The van der Waals surface area contributed by atoms with E-state index < -0.39 is 0 Å². The summed E-state index contributed by atoms with van der Waals surface area (Å²) < 4.78 is 12.7. The van der Waals surface area contributed by atoms with Crippen LogP contribution in [0.5, 0.6) is 0 Å². The highest BCUT2D eigenvalue weighted by Crippen LogP contribution is 2.24. The number of ether oxygens (including phenoxy) is 1. The number of anilines is 1. The average molecular weight is 318 g/mol. The maximum atomic E-state index is 11.1. The van der Waals surface area contributed by atoms with E-state index in [2.05, 4.69) is 15.3 Å². The second-order valence-corrected chi connectivity index (χ2v) is 5.84. The predicted molar refractivity (Wildman–Crippen MR) is 84.9 cm³/mol. The molecule has 1 amide bonds. The van der Waals surface area contributed by atoms with Crippen LogP contribution in [-0.4, -0.2) is 40.8 Å². The number of amides is 1. The van der Waals surface area contributed by atoms with Gasteiger partial charge < -0.3 is 14.5 Å². The van der Waals surface area contributed by atoms with Crippen molar-refractivity contribution in [2.24, 2.45) is 0 Å². The zero-order valence-electron chi connectivity index (χ0n) is 13.5. The van der Waals surface area contributed by atoms with Crippen molar-refractivity contribution < 1.29 is 13.9 Å². The molecule has 1 saturated heterocycles. The Bertz CT molecular complexity index is 664. The molecule has 1 fully saturated rings. The molecule has 0 aromatic carbocycles. The first kappa shape index (κ1) is 15.8. The largest absolute Gasteiger partial charge is 0.462 e. The predicted octanol–water partition coefficient (Wildman–Crippen LogP) is 2.03. The van der Waals surface area contributed by atoms with Gasteiger partial charge in [0.25, 0.3) is 0 Å². The van der Waals surface area contributed by atoms with Crippen LogP contribution in [0, 0.1) is 0 Å². The molecule has 0 saturated carbocycles. The van der Waals surface area contributed by atoms with Crippen LogP contribution < -0.4 is 5.32 Å². The van der Waals surface area contributed by atoms with Crippen molar-refractivity contribution in [3.05, 3.63) is 35.9 Å². The van der Waals surface area contributed by atoms with Gasteiger partial charge in [0.1, 0.15) is 18.1 Å². The summed E-state index contributed by atoms with van der Waals surface area (Å²) >= 11 is 0. The Hall–Kier alpha value is -2.12. The highest BCUT2D eigenvalue weighted by molar-refractivity contribution is 5.87. The lowest BCUT2D eigenvalue weighted by atomic mass is 10.3. The number of nitrogens with zero attached hydrogens (tertiary/aromatic N) is 3. The molecule has 7 heteroatoms. The van der Waals surface area contributed by atoms with Gasteiger partial charge in [-0.2, -0.15) is 5.10 Å². The molecular weight excluding hydrogens is 296 g/mol.